The van der Waals surface area contributed by atoms with Crippen molar-refractivity contribution >= 4 is 5.84 Å². The van der Waals surface area contributed by atoms with Crippen molar-refractivity contribution in [3.05, 3.63) is 0 Å². The van der Waals surface area contributed by atoms with E-state index < -0.39 is 0 Å². The molecule has 0 atom stereocenters. The van der Waals surface area contributed by atoms with Gasteiger partial charge in [-0.1, -0.05) is 13.8 Å². The Morgan fingerprint density at radius 1 is 1.67 bits per heavy atom. The molecule has 0 amide bonds. The van der Waals surface area contributed by atoms with E-state index >= 15 is 0 Å². The summed E-state index contributed by atoms with van der Waals surface area (Å²) < 4.78 is 0. The molecule has 3 heteroatoms. The Morgan fingerprint density at radius 3 is 2.22 bits per heavy atom. The minimum absolute atomic E-state index is 0.0760. The summed E-state index contributed by atoms with van der Waals surface area (Å²) >= 11 is 0. The van der Waals surface area contributed by atoms with Crippen LogP contribution in [0.3, 0.4) is 0 Å². The second kappa shape index (κ2) is 2.82. The second-order valence-corrected chi connectivity index (χ2v) is 3.02. The highest BCUT2D eigenvalue weighted by Crippen LogP contribution is 2.17. The first-order valence-corrected chi connectivity index (χ1v) is 2.92. The van der Waals surface area contributed by atoms with Gasteiger partial charge in [0.05, 0.1) is 5.84 Å². The topological polar surface area (TPSA) is 70.1 Å². The zero-order chi connectivity index (χ0) is 7.49. The van der Waals surface area contributed by atoms with E-state index in [0.717, 1.165) is 0 Å². The fraction of sp³-hybridized carbons (Fsp3) is 0.833. The van der Waals surface area contributed by atoms with Crippen LogP contribution in [0, 0.1) is 10.8 Å². The van der Waals surface area contributed by atoms with Crippen molar-refractivity contribution in [3.8, 4) is 0 Å². The summed E-state index contributed by atoms with van der Waals surface area (Å²) in [6.45, 7) is 3.81. The van der Waals surface area contributed by atoms with Crippen LogP contribution < -0.4 is 5.73 Å². The van der Waals surface area contributed by atoms with Crippen molar-refractivity contribution in [2.24, 2.45) is 11.1 Å². The predicted octanol–water partition coefficient (Wildman–Crippen LogP) is 0.331. The number of aliphatic hydroxyl groups is 1. The Labute approximate surface area is 55.4 Å². The van der Waals surface area contributed by atoms with E-state index in [9.17, 15) is 0 Å². The van der Waals surface area contributed by atoms with Gasteiger partial charge in [-0.2, -0.15) is 0 Å². The molecule has 0 aromatic heterocycles. The summed E-state index contributed by atoms with van der Waals surface area (Å²) in [4.78, 5) is 0. The molecule has 3 nitrogen and oxygen atoms in total. The second-order valence-electron chi connectivity index (χ2n) is 3.02. The van der Waals surface area contributed by atoms with Crippen molar-refractivity contribution in [3.63, 3.8) is 0 Å². The Hall–Kier alpha value is -0.570. The summed E-state index contributed by atoms with van der Waals surface area (Å²) in [5.74, 6) is 0.133. The van der Waals surface area contributed by atoms with Gasteiger partial charge in [0, 0.05) is 13.0 Å². The lowest BCUT2D eigenvalue weighted by molar-refractivity contribution is 0.166. The molecule has 0 aromatic rings. The largest absolute Gasteiger partial charge is 0.396 e. The first-order valence-electron chi connectivity index (χ1n) is 2.92. The van der Waals surface area contributed by atoms with Gasteiger partial charge in [-0.25, -0.2) is 0 Å². The third kappa shape index (κ3) is 3.97. The van der Waals surface area contributed by atoms with Crippen LogP contribution in [-0.2, 0) is 0 Å². The number of aliphatic hydroxyl groups excluding tert-OH is 1. The van der Waals surface area contributed by atoms with E-state index in [1.165, 1.54) is 0 Å². The van der Waals surface area contributed by atoms with E-state index in [2.05, 4.69) is 0 Å². The molecule has 0 unspecified atom stereocenters. The highest BCUT2D eigenvalue weighted by Gasteiger charge is 2.16. The van der Waals surface area contributed by atoms with Crippen LogP contribution in [0.25, 0.3) is 0 Å². The van der Waals surface area contributed by atoms with E-state index in [1.807, 2.05) is 13.8 Å². The van der Waals surface area contributed by atoms with E-state index in [4.69, 9.17) is 16.2 Å². The molecule has 0 saturated heterocycles. The van der Waals surface area contributed by atoms with E-state index in [-0.39, 0.29) is 17.9 Å². The molecular weight excluding hydrogens is 116 g/mol. The van der Waals surface area contributed by atoms with Gasteiger partial charge in [-0.3, -0.25) is 5.41 Å². The Balaban J connectivity index is 3.71. The molecule has 0 rings (SSSR count). The van der Waals surface area contributed by atoms with Gasteiger partial charge >= 0.3 is 0 Å². The standard InChI is InChI=1S/C6H14N2O/c1-6(2,4-9)3-5(7)8/h9H,3-4H2,1-2H3,(H3,7,8). The van der Waals surface area contributed by atoms with Crippen molar-refractivity contribution in [2.45, 2.75) is 20.3 Å². The van der Waals surface area contributed by atoms with Gasteiger partial charge in [0.25, 0.3) is 0 Å². The van der Waals surface area contributed by atoms with Crippen molar-refractivity contribution in [1.29, 1.82) is 5.41 Å². The van der Waals surface area contributed by atoms with E-state index in [0.29, 0.717) is 6.42 Å². The van der Waals surface area contributed by atoms with Crippen LogP contribution in [0.5, 0.6) is 0 Å². The van der Waals surface area contributed by atoms with E-state index in [1.54, 1.807) is 0 Å². The molecule has 0 spiro atoms. The van der Waals surface area contributed by atoms with Gasteiger partial charge < -0.3 is 10.8 Å². The monoisotopic (exact) mass is 130 g/mol. The summed E-state index contributed by atoms with van der Waals surface area (Å²) in [6, 6.07) is 0. The predicted molar refractivity (Wildman–Crippen MR) is 37.4 cm³/mol. The first kappa shape index (κ1) is 8.43. The average molecular weight is 130 g/mol. The molecule has 0 aliphatic rings. The number of amidine groups is 1. The SMILES string of the molecule is CC(C)(CO)CC(=N)N. The number of nitrogens with one attached hydrogen (secondary N) is 1. The lowest BCUT2D eigenvalue weighted by atomic mass is 9.90. The van der Waals surface area contributed by atoms with Gasteiger partial charge in [-0.15, -0.1) is 0 Å². The van der Waals surface area contributed by atoms with Crippen molar-refractivity contribution in [2.75, 3.05) is 6.61 Å². The Bertz CT molecular complexity index is 110. The smallest absolute Gasteiger partial charge is 0.0911 e. The number of hydrogen-bond acceptors (Lipinski definition) is 2. The molecular formula is C6H14N2O. The first-order chi connectivity index (χ1) is 3.98. The molecule has 54 valence electrons. The maximum Gasteiger partial charge on any atom is 0.0911 e. The summed E-state index contributed by atoms with van der Waals surface area (Å²) in [6.07, 6.45) is 0.462. The Kier molecular flexibility index (Phi) is 2.65. The lowest BCUT2D eigenvalue weighted by Gasteiger charge is -2.19. The summed E-state index contributed by atoms with van der Waals surface area (Å²) in [5, 5.41) is 15.6. The molecule has 0 aliphatic heterocycles. The van der Waals surface area contributed by atoms with Gasteiger partial charge in [0.1, 0.15) is 0 Å². The van der Waals surface area contributed by atoms with Crippen LogP contribution >= 0.6 is 0 Å². The summed E-state index contributed by atoms with van der Waals surface area (Å²) in [5.41, 5.74) is 4.90. The quantitative estimate of drug-likeness (QED) is 0.380. The third-order valence-corrected chi connectivity index (χ3v) is 1.10. The lowest BCUT2D eigenvalue weighted by Crippen LogP contribution is -2.24. The maximum atomic E-state index is 8.69. The fourth-order valence-electron chi connectivity index (χ4n) is 0.571. The average Bonchev–Trinajstić information content (AvgIpc) is 1.63. The molecule has 0 fully saturated rings. The van der Waals surface area contributed by atoms with Crippen LogP contribution in [0.4, 0.5) is 0 Å². The van der Waals surface area contributed by atoms with Crippen molar-refractivity contribution in [1.82, 2.24) is 0 Å². The van der Waals surface area contributed by atoms with Crippen LogP contribution in [0.1, 0.15) is 20.3 Å². The minimum Gasteiger partial charge on any atom is -0.396 e. The molecule has 0 bridgehead atoms. The molecule has 4 N–H and O–H groups in total. The molecule has 9 heavy (non-hydrogen) atoms. The number of rotatable bonds is 3. The minimum atomic E-state index is -0.230. The normalized spacial score (nSPS) is 11.4. The number of hydrogen-bond donors (Lipinski definition) is 3. The molecule has 0 aliphatic carbocycles. The molecule has 0 saturated carbocycles. The highest BCUT2D eigenvalue weighted by atomic mass is 16.3. The molecule has 0 heterocycles. The third-order valence-electron chi connectivity index (χ3n) is 1.10. The van der Waals surface area contributed by atoms with Crippen LogP contribution in [-0.4, -0.2) is 17.5 Å². The van der Waals surface area contributed by atoms with Gasteiger partial charge in [0.2, 0.25) is 0 Å². The Morgan fingerprint density at radius 2 is 2.11 bits per heavy atom. The van der Waals surface area contributed by atoms with Crippen LogP contribution in [0.2, 0.25) is 0 Å². The van der Waals surface area contributed by atoms with Crippen molar-refractivity contribution < 1.29 is 5.11 Å². The molecule has 0 radical (unpaired) electrons. The maximum absolute atomic E-state index is 8.69. The molecule has 0 aromatic carbocycles. The zero-order valence-electron chi connectivity index (χ0n) is 5.94. The summed E-state index contributed by atoms with van der Waals surface area (Å²) in [7, 11) is 0. The fourth-order valence-corrected chi connectivity index (χ4v) is 0.571. The van der Waals surface area contributed by atoms with Crippen LogP contribution in [0.15, 0.2) is 0 Å². The number of nitrogens with two attached hydrogens (primary N) is 1. The highest BCUT2D eigenvalue weighted by molar-refractivity contribution is 5.77. The van der Waals surface area contributed by atoms with Gasteiger partial charge in [-0.05, 0) is 5.41 Å². The van der Waals surface area contributed by atoms with Gasteiger partial charge in [0.15, 0.2) is 0 Å². The zero-order valence-corrected chi connectivity index (χ0v) is 5.94.